The summed E-state index contributed by atoms with van der Waals surface area (Å²) in [6, 6.07) is 7.28. The number of pyridine rings is 2. The number of hydrogen-bond acceptors (Lipinski definition) is 6. The SMILES string of the molecule is N#Cc1cc(-c2ccncc2)cnc1OCC(O)CO. The molecule has 0 radical (unpaired) electrons. The van der Waals surface area contributed by atoms with Gasteiger partial charge in [-0.1, -0.05) is 0 Å². The van der Waals surface area contributed by atoms with Crippen LogP contribution in [0.15, 0.2) is 36.8 Å². The van der Waals surface area contributed by atoms with E-state index in [0.29, 0.717) is 0 Å². The Morgan fingerprint density at radius 3 is 2.70 bits per heavy atom. The topological polar surface area (TPSA) is 99.3 Å². The fourth-order valence-electron chi connectivity index (χ4n) is 1.58. The fourth-order valence-corrected chi connectivity index (χ4v) is 1.58. The first kappa shape index (κ1) is 13.9. The number of aromatic nitrogens is 2. The van der Waals surface area contributed by atoms with E-state index in [2.05, 4.69) is 9.97 Å². The van der Waals surface area contributed by atoms with Crippen LogP contribution in [0.3, 0.4) is 0 Å². The molecule has 0 spiro atoms. The first-order valence-corrected chi connectivity index (χ1v) is 5.97. The van der Waals surface area contributed by atoms with E-state index in [-0.39, 0.29) is 18.1 Å². The van der Waals surface area contributed by atoms with Gasteiger partial charge in [-0.15, -0.1) is 0 Å². The Bertz CT molecular complexity index is 611. The highest BCUT2D eigenvalue weighted by Crippen LogP contribution is 2.23. The first-order valence-electron chi connectivity index (χ1n) is 5.97. The highest BCUT2D eigenvalue weighted by molar-refractivity contribution is 5.64. The summed E-state index contributed by atoms with van der Waals surface area (Å²) in [5.41, 5.74) is 1.94. The molecule has 0 aliphatic carbocycles. The molecule has 0 aliphatic rings. The third-order valence-electron chi connectivity index (χ3n) is 2.61. The van der Waals surface area contributed by atoms with Gasteiger partial charge in [0.25, 0.3) is 0 Å². The van der Waals surface area contributed by atoms with Crippen molar-refractivity contribution in [1.82, 2.24) is 9.97 Å². The first-order chi connectivity index (χ1) is 9.74. The summed E-state index contributed by atoms with van der Waals surface area (Å²) in [4.78, 5) is 8.00. The van der Waals surface area contributed by atoms with E-state index < -0.39 is 12.7 Å². The molecular weight excluding hydrogens is 258 g/mol. The lowest BCUT2D eigenvalue weighted by atomic mass is 10.1. The molecule has 0 saturated carbocycles. The summed E-state index contributed by atoms with van der Waals surface area (Å²) in [5, 5.41) is 27.1. The average Bonchev–Trinajstić information content (AvgIpc) is 2.53. The lowest BCUT2D eigenvalue weighted by molar-refractivity contribution is 0.0520. The Hall–Kier alpha value is -2.49. The minimum atomic E-state index is -0.997. The molecule has 0 fully saturated rings. The van der Waals surface area contributed by atoms with Crippen molar-refractivity contribution in [3.63, 3.8) is 0 Å². The maximum absolute atomic E-state index is 9.22. The molecule has 2 N–H and O–H groups in total. The van der Waals surface area contributed by atoms with Gasteiger partial charge >= 0.3 is 0 Å². The molecule has 6 heteroatoms. The van der Waals surface area contributed by atoms with Crippen molar-refractivity contribution in [2.24, 2.45) is 0 Å². The molecule has 0 aromatic carbocycles. The number of nitriles is 1. The van der Waals surface area contributed by atoms with Crippen molar-refractivity contribution in [2.45, 2.75) is 6.10 Å². The smallest absolute Gasteiger partial charge is 0.231 e. The van der Waals surface area contributed by atoms with Gasteiger partial charge in [-0.3, -0.25) is 4.98 Å². The highest BCUT2D eigenvalue weighted by atomic mass is 16.5. The number of rotatable bonds is 5. The van der Waals surface area contributed by atoms with Gasteiger partial charge in [-0.2, -0.15) is 5.26 Å². The summed E-state index contributed by atoms with van der Waals surface area (Å²) in [6.07, 6.45) is 3.90. The van der Waals surface area contributed by atoms with Crippen molar-refractivity contribution >= 4 is 0 Å². The number of ether oxygens (including phenoxy) is 1. The van der Waals surface area contributed by atoms with Gasteiger partial charge in [0.1, 0.15) is 24.3 Å². The molecule has 20 heavy (non-hydrogen) atoms. The lowest BCUT2D eigenvalue weighted by Gasteiger charge is -2.10. The van der Waals surface area contributed by atoms with Crippen LogP contribution in [0.5, 0.6) is 5.88 Å². The van der Waals surface area contributed by atoms with E-state index in [9.17, 15) is 5.11 Å². The van der Waals surface area contributed by atoms with Crippen LogP contribution in [0.4, 0.5) is 0 Å². The Kier molecular flexibility index (Phi) is 4.60. The van der Waals surface area contributed by atoms with Crippen molar-refractivity contribution in [1.29, 1.82) is 5.26 Å². The minimum absolute atomic E-state index is 0.118. The summed E-state index contributed by atoms with van der Waals surface area (Å²) < 4.78 is 5.22. The van der Waals surface area contributed by atoms with Crippen molar-refractivity contribution in [3.8, 4) is 23.1 Å². The molecule has 102 valence electrons. The van der Waals surface area contributed by atoms with Crippen LogP contribution < -0.4 is 4.74 Å². The zero-order valence-electron chi connectivity index (χ0n) is 10.6. The molecule has 0 aliphatic heterocycles. The zero-order chi connectivity index (χ0) is 14.4. The van der Waals surface area contributed by atoms with Crippen LogP contribution >= 0.6 is 0 Å². The monoisotopic (exact) mass is 271 g/mol. The second kappa shape index (κ2) is 6.61. The zero-order valence-corrected chi connectivity index (χ0v) is 10.6. The third kappa shape index (κ3) is 3.29. The second-order valence-electron chi connectivity index (χ2n) is 4.07. The molecule has 0 saturated heterocycles. The van der Waals surface area contributed by atoms with E-state index in [0.717, 1.165) is 11.1 Å². The van der Waals surface area contributed by atoms with Gasteiger partial charge in [0.2, 0.25) is 5.88 Å². The van der Waals surface area contributed by atoms with Crippen LogP contribution in [0.1, 0.15) is 5.56 Å². The lowest BCUT2D eigenvalue weighted by Crippen LogP contribution is -2.21. The summed E-state index contributed by atoms with van der Waals surface area (Å²) in [6.45, 7) is -0.524. The molecule has 2 aromatic heterocycles. The number of aliphatic hydroxyl groups is 2. The summed E-state index contributed by atoms with van der Waals surface area (Å²) in [5.74, 6) is 0.137. The van der Waals surface area contributed by atoms with Gasteiger partial charge in [-0.25, -0.2) is 4.98 Å². The normalized spacial score (nSPS) is 11.7. The van der Waals surface area contributed by atoms with Gasteiger partial charge in [0, 0.05) is 24.2 Å². The Morgan fingerprint density at radius 2 is 2.05 bits per heavy atom. The fraction of sp³-hybridized carbons (Fsp3) is 0.214. The molecule has 6 nitrogen and oxygen atoms in total. The van der Waals surface area contributed by atoms with Gasteiger partial charge in [-0.05, 0) is 23.8 Å². The second-order valence-corrected chi connectivity index (χ2v) is 4.07. The Balaban J connectivity index is 2.23. The predicted octanol–water partition coefficient (Wildman–Crippen LogP) is 0.747. The quantitative estimate of drug-likeness (QED) is 0.832. The Morgan fingerprint density at radius 1 is 1.30 bits per heavy atom. The molecule has 1 unspecified atom stereocenters. The van der Waals surface area contributed by atoms with E-state index in [1.54, 1.807) is 24.7 Å². The van der Waals surface area contributed by atoms with E-state index in [1.165, 1.54) is 0 Å². The number of hydrogen-bond donors (Lipinski definition) is 2. The number of nitrogens with zero attached hydrogens (tertiary/aromatic N) is 3. The van der Waals surface area contributed by atoms with Crippen molar-refractivity contribution in [3.05, 3.63) is 42.4 Å². The maximum atomic E-state index is 9.22. The highest BCUT2D eigenvalue weighted by Gasteiger charge is 2.10. The van der Waals surface area contributed by atoms with Crippen LogP contribution in [-0.4, -0.2) is 39.5 Å². The molecule has 2 rings (SSSR count). The molecule has 1 atom stereocenters. The van der Waals surface area contributed by atoms with E-state index in [1.807, 2.05) is 18.2 Å². The van der Waals surface area contributed by atoms with E-state index in [4.69, 9.17) is 15.1 Å². The van der Waals surface area contributed by atoms with Crippen LogP contribution in [0.25, 0.3) is 11.1 Å². The third-order valence-corrected chi connectivity index (χ3v) is 2.61. The Labute approximate surface area is 115 Å². The maximum Gasteiger partial charge on any atom is 0.231 e. The van der Waals surface area contributed by atoms with Crippen LogP contribution in [0.2, 0.25) is 0 Å². The number of aliphatic hydroxyl groups excluding tert-OH is 2. The largest absolute Gasteiger partial charge is 0.474 e. The van der Waals surface area contributed by atoms with Crippen molar-refractivity contribution in [2.75, 3.05) is 13.2 Å². The van der Waals surface area contributed by atoms with Gasteiger partial charge in [0.15, 0.2) is 0 Å². The standard InChI is InChI=1S/C14H13N3O3/c15-6-11-5-12(10-1-3-16-4-2-10)7-17-14(11)20-9-13(19)8-18/h1-5,7,13,18-19H,8-9H2. The summed E-state index contributed by atoms with van der Waals surface area (Å²) in [7, 11) is 0. The molecule has 0 amide bonds. The molecule has 2 heterocycles. The molecule has 0 bridgehead atoms. The predicted molar refractivity (Wildman–Crippen MR) is 70.8 cm³/mol. The van der Waals surface area contributed by atoms with Crippen LogP contribution in [0, 0.1) is 11.3 Å². The van der Waals surface area contributed by atoms with Gasteiger partial charge < -0.3 is 14.9 Å². The van der Waals surface area contributed by atoms with Crippen molar-refractivity contribution < 1.29 is 14.9 Å². The van der Waals surface area contributed by atoms with Gasteiger partial charge in [0.05, 0.1) is 6.61 Å². The van der Waals surface area contributed by atoms with E-state index >= 15 is 0 Å². The average molecular weight is 271 g/mol. The minimum Gasteiger partial charge on any atom is -0.474 e. The molecular formula is C14H13N3O3. The van der Waals surface area contributed by atoms with Crippen LogP contribution in [-0.2, 0) is 0 Å². The summed E-state index contributed by atoms with van der Waals surface area (Å²) >= 11 is 0. The molecule has 2 aromatic rings.